The summed E-state index contributed by atoms with van der Waals surface area (Å²) >= 11 is 0. The van der Waals surface area contributed by atoms with E-state index in [1.807, 2.05) is 18.2 Å². The molecule has 16 heteroatoms. The fraction of sp³-hybridized carbons (Fsp3) is 0. The first-order chi connectivity index (χ1) is 30.9. The zero-order valence-electron chi connectivity index (χ0n) is 35.8. The van der Waals surface area contributed by atoms with Gasteiger partial charge in [-0.15, -0.1) is 0 Å². The Balaban J connectivity index is 0.000000247. The minimum atomic E-state index is -4.66. The maximum absolute atomic E-state index is 11.1. The van der Waals surface area contributed by atoms with Crippen molar-refractivity contribution < 1.29 is 101 Å². The first-order valence-electron chi connectivity index (χ1n) is 19.7. The standard InChI is InChI=1S/C18H15P.2C14H14ClO4P.C5H5N.2Au/c1-4-10-16(11-5-1)19(17-12-6-2-7-13-17)18-14-8-3-9-15-18;2*1-20(2,19-15(16,17)18,13-9-5-3-6-10-13)14-11-7-4-8-12-14;1-2-4-6-5-3-1;;/h1-15H;2*3-12H,1-2H2;1-5H;;/q;2*-2;;;+3. The fourth-order valence-electron chi connectivity index (χ4n) is 6.45. The van der Waals surface area contributed by atoms with Crippen LogP contribution in [0.25, 0.3) is 0 Å². The first-order valence-corrected chi connectivity index (χ1v) is 28.5. The van der Waals surface area contributed by atoms with Crippen LogP contribution in [0.4, 0.5) is 0 Å². The molecule has 0 saturated carbocycles. The first kappa shape index (κ1) is 58.0. The SMILES string of the molecule is [Au+3].[Au].[CH2-]P([CH2-])(O[Cl+3]([O-])([O-])[O-])(c1ccccc1)c1ccccc1.[CH2-]P([CH2-])(O[Cl+3]([O-])([O-])[O-])(c1ccccc1)c1ccccc1.c1ccc(P(c2ccccc2)c2ccccc2)cc1.c1ccncc1. The number of nitrogens with zero attached hydrogens (tertiary/aromatic N) is 1. The van der Waals surface area contributed by atoms with E-state index in [2.05, 4.69) is 123 Å². The maximum Gasteiger partial charge on any atom is 0.0267 e. The Hall–Kier alpha value is -3.28. The summed E-state index contributed by atoms with van der Waals surface area (Å²) in [7, 11) is -9.76. The molecule has 0 bridgehead atoms. The molecule has 1 aromatic heterocycles. The summed E-state index contributed by atoms with van der Waals surface area (Å²) in [4.78, 5) is 3.78. The van der Waals surface area contributed by atoms with Gasteiger partial charge >= 0.3 is 262 Å². The van der Waals surface area contributed by atoms with Crippen molar-refractivity contribution >= 4 is 58.7 Å². The van der Waals surface area contributed by atoms with Crippen LogP contribution in [0.3, 0.4) is 0 Å². The fourth-order valence-corrected chi connectivity index (χ4v) is 17.4. The van der Waals surface area contributed by atoms with Crippen LogP contribution in [0.2, 0.25) is 0 Å². The Morgan fingerprint density at radius 1 is 0.343 bits per heavy atom. The van der Waals surface area contributed by atoms with E-state index in [9.17, 15) is 28.0 Å². The summed E-state index contributed by atoms with van der Waals surface area (Å²) < 4.78 is 76.6. The molecule has 357 valence electrons. The molecule has 0 N–H and O–H groups in total. The summed E-state index contributed by atoms with van der Waals surface area (Å²) in [6.07, 6.45) is 3.50. The van der Waals surface area contributed by atoms with E-state index in [-0.39, 0.29) is 44.8 Å². The van der Waals surface area contributed by atoms with Crippen LogP contribution < -0.4 is 65.1 Å². The van der Waals surface area contributed by atoms with Crippen molar-refractivity contribution in [2.75, 3.05) is 0 Å². The summed E-state index contributed by atoms with van der Waals surface area (Å²) in [5, 5.41) is 6.13. The van der Waals surface area contributed by atoms with Crippen LogP contribution >= 0.6 is 21.6 Å². The molecular weight excluding hydrogens is 1310 g/mol. The van der Waals surface area contributed by atoms with E-state index in [1.165, 1.54) is 15.9 Å². The Labute approximate surface area is 431 Å². The molecular formula is C51H48Au2Cl2NO8P3-. The predicted molar refractivity (Wildman–Crippen MR) is 251 cm³/mol. The zero-order valence-corrected chi connectivity index (χ0v) is 44.4. The third-order valence-electron chi connectivity index (χ3n) is 9.54. The van der Waals surface area contributed by atoms with Crippen LogP contribution in [-0.4, -0.2) is 4.98 Å². The van der Waals surface area contributed by atoms with Crippen molar-refractivity contribution in [3.05, 3.63) is 270 Å². The maximum atomic E-state index is 11.1. The third kappa shape index (κ3) is 17.0. The molecule has 7 aromatic carbocycles. The largest absolute Gasteiger partial charge is 0.265 e. The smallest absolute Gasteiger partial charge is 0.0267 e. The Morgan fingerprint density at radius 3 is 0.701 bits per heavy atom. The number of benzene rings is 7. The quantitative estimate of drug-likeness (QED) is 0.107. The Bertz CT molecular complexity index is 2280. The topological polar surface area (TPSA) is 170 Å². The molecule has 0 aliphatic heterocycles. The molecule has 0 fully saturated rings. The number of hydrogen-bond acceptors (Lipinski definition) is 9. The second kappa shape index (κ2) is 26.1. The molecule has 0 spiro atoms. The van der Waals surface area contributed by atoms with Crippen molar-refractivity contribution in [1.82, 2.24) is 4.98 Å². The van der Waals surface area contributed by atoms with Gasteiger partial charge in [0.2, 0.25) is 0 Å². The van der Waals surface area contributed by atoms with Crippen molar-refractivity contribution in [1.29, 1.82) is 0 Å². The molecule has 0 aliphatic rings. The minimum Gasteiger partial charge on any atom is -0.265 e. The monoisotopic (exact) mass is 1360 g/mol. The molecule has 9 nitrogen and oxygen atoms in total. The molecule has 0 aliphatic carbocycles. The molecule has 0 atom stereocenters. The molecule has 1 heterocycles. The normalized spacial score (nSPS) is 12.4. The molecule has 8 aromatic rings. The van der Waals surface area contributed by atoms with Crippen LogP contribution in [0.5, 0.6) is 0 Å². The second-order valence-corrected chi connectivity index (χ2v) is 27.0. The van der Waals surface area contributed by atoms with Gasteiger partial charge in [-0.05, 0) is 36.0 Å². The summed E-state index contributed by atoms with van der Waals surface area (Å²) in [5.74, 6) is 0. The second-order valence-electron chi connectivity index (χ2n) is 14.4. The van der Waals surface area contributed by atoms with Gasteiger partial charge in [0.1, 0.15) is 0 Å². The van der Waals surface area contributed by atoms with E-state index >= 15 is 0 Å². The molecule has 8 rings (SSSR count). The van der Waals surface area contributed by atoms with Gasteiger partial charge in [0.25, 0.3) is 0 Å². The van der Waals surface area contributed by atoms with Crippen molar-refractivity contribution in [3.8, 4) is 0 Å². The van der Waals surface area contributed by atoms with Gasteiger partial charge in [0.15, 0.2) is 0 Å². The van der Waals surface area contributed by atoms with Crippen LogP contribution in [0.15, 0.2) is 243 Å². The van der Waals surface area contributed by atoms with E-state index in [0.29, 0.717) is 21.2 Å². The molecule has 0 unspecified atom stereocenters. The minimum absolute atomic E-state index is 0. The van der Waals surface area contributed by atoms with Gasteiger partial charge < -0.3 is 0 Å². The average Bonchev–Trinajstić information content (AvgIpc) is 3.31. The van der Waals surface area contributed by atoms with E-state index < -0.39 is 42.1 Å². The van der Waals surface area contributed by atoms with Crippen LogP contribution in [0, 0.1) is 47.1 Å². The van der Waals surface area contributed by atoms with E-state index in [0.717, 1.165) is 0 Å². The Morgan fingerprint density at radius 2 is 0.537 bits per heavy atom. The van der Waals surface area contributed by atoms with E-state index in [4.69, 9.17) is 8.15 Å². The molecule has 67 heavy (non-hydrogen) atoms. The van der Waals surface area contributed by atoms with E-state index in [1.54, 1.807) is 134 Å². The Kier molecular flexibility index (Phi) is 22.6. The molecule has 0 saturated heterocycles. The zero-order chi connectivity index (χ0) is 46.9. The number of halogens is 2. The molecule has 0 amide bonds. The summed E-state index contributed by atoms with van der Waals surface area (Å²) in [6, 6.07) is 72.1. The predicted octanol–water partition coefficient (Wildman–Crippen LogP) is 3.73. The number of pyridine rings is 1. The number of aromatic nitrogens is 1. The van der Waals surface area contributed by atoms with Gasteiger partial charge in [0, 0.05) is 34.8 Å². The number of hydrogen-bond donors (Lipinski definition) is 0. The van der Waals surface area contributed by atoms with Gasteiger partial charge in [-0.2, -0.15) is 0 Å². The van der Waals surface area contributed by atoms with Crippen molar-refractivity contribution in [2.24, 2.45) is 0 Å². The number of rotatable bonds is 11. The van der Waals surface area contributed by atoms with Crippen LogP contribution in [0.1, 0.15) is 0 Å². The average molecular weight is 1360 g/mol. The van der Waals surface area contributed by atoms with Gasteiger partial charge in [-0.1, -0.05) is 97.1 Å². The van der Waals surface area contributed by atoms with Gasteiger partial charge in [0.05, 0.1) is 0 Å². The third-order valence-corrected chi connectivity index (χ3v) is 22.0. The summed E-state index contributed by atoms with van der Waals surface area (Å²) in [6.45, 7) is 7.67. The van der Waals surface area contributed by atoms with Crippen molar-refractivity contribution in [3.63, 3.8) is 0 Å². The molecule has 1 radical (unpaired) electrons. The van der Waals surface area contributed by atoms with Gasteiger partial charge in [-0.25, -0.2) is 0 Å². The summed E-state index contributed by atoms with van der Waals surface area (Å²) in [5.41, 5.74) is 0. The van der Waals surface area contributed by atoms with Crippen LogP contribution in [-0.2, 0) is 52.9 Å². The van der Waals surface area contributed by atoms with Gasteiger partial charge in [-0.3, -0.25) is 4.98 Å². The van der Waals surface area contributed by atoms with Crippen molar-refractivity contribution in [2.45, 2.75) is 0 Å².